The van der Waals surface area contributed by atoms with Crippen molar-refractivity contribution < 1.29 is 4.39 Å². The molecule has 0 unspecified atom stereocenters. The van der Waals surface area contributed by atoms with Gasteiger partial charge in [-0.1, -0.05) is 12.1 Å². The van der Waals surface area contributed by atoms with Crippen molar-refractivity contribution in [3.8, 4) is 10.6 Å². The molecule has 2 N–H and O–H groups in total. The van der Waals surface area contributed by atoms with Crippen LogP contribution in [0.3, 0.4) is 0 Å². The van der Waals surface area contributed by atoms with E-state index in [1.54, 1.807) is 19.1 Å². The van der Waals surface area contributed by atoms with Crippen LogP contribution >= 0.6 is 11.3 Å². The average Bonchev–Trinajstić information content (AvgIpc) is 2.63. The molecule has 1 heterocycles. The summed E-state index contributed by atoms with van der Waals surface area (Å²) >= 11 is 1.46. The molecular formula is C12H13FN2S. The Labute approximate surface area is 97.9 Å². The highest BCUT2D eigenvalue weighted by atomic mass is 32.1. The second-order valence-corrected chi connectivity index (χ2v) is 4.75. The summed E-state index contributed by atoms with van der Waals surface area (Å²) in [6, 6.07) is 5.34. The van der Waals surface area contributed by atoms with Gasteiger partial charge in [0.2, 0.25) is 0 Å². The van der Waals surface area contributed by atoms with Crippen molar-refractivity contribution in [2.24, 2.45) is 5.73 Å². The Morgan fingerprint density at radius 1 is 1.38 bits per heavy atom. The first kappa shape index (κ1) is 11.2. The van der Waals surface area contributed by atoms with Gasteiger partial charge in [-0.3, -0.25) is 0 Å². The standard InChI is InChI=1S/C12H13FN2S/c1-7-4-3-5-9(11(7)13)12-15-8(2)10(6-14)16-12/h3-5H,6,14H2,1-2H3. The van der Waals surface area contributed by atoms with Crippen LogP contribution in [0.4, 0.5) is 4.39 Å². The normalized spacial score (nSPS) is 10.8. The Morgan fingerprint density at radius 2 is 2.12 bits per heavy atom. The molecule has 1 aromatic carbocycles. The Morgan fingerprint density at radius 3 is 2.75 bits per heavy atom. The minimum absolute atomic E-state index is 0.195. The lowest BCUT2D eigenvalue weighted by Crippen LogP contribution is -1.94. The smallest absolute Gasteiger partial charge is 0.136 e. The molecule has 0 spiro atoms. The molecular weight excluding hydrogens is 223 g/mol. The van der Waals surface area contributed by atoms with Crippen LogP contribution in [0.25, 0.3) is 10.6 Å². The zero-order chi connectivity index (χ0) is 11.7. The number of rotatable bonds is 2. The molecule has 84 valence electrons. The molecule has 2 aromatic rings. The molecule has 0 saturated carbocycles. The van der Waals surface area contributed by atoms with Gasteiger partial charge in [0, 0.05) is 17.0 Å². The van der Waals surface area contributed by atoms with Gasteiger partial charge in [0.05, 0.1) is 5.69 Å². The van der Waals surface area contributed by atoms with Crippen LogP contribution in [-0.2, 0) is 6.54 Å². The third-order valence-electron chi connectivity index (χ3n) is 2.50. The second-order valence-electron chi connectivity index (χ2n) is 3.67. The Bertz CT molecular complexity index is 520. The first-order valence-corrected chi connectivity index (χ1v) is 5.87. The number of thiazole rings is 1. The minimum atomic E-state index is -0.195. The van der Waals surface area contributed by atoms with Crippen molar-refractivity contribution in [1.82, 2.24) is 4.98 Å². The summed E-state index contributed by atoms with van der Waals surface area (Å²) in [5, 5.41) is 0.708. The summed E-state index contributed by atoms with van der Waals surface area (Å²) in [7, 11) is 0. The summed E-state index contributed by atoms with van der Waals surface area (Å²) in [5.74, 6) is -0.195. The summed E-state index contributed by atoms with van der Waals surface area (Å²) < 4.78 is 13.9. The Balaban J connectivity index is 2.54. The molecule has 0 bridgehead atoms. The van der Waals surface area contributed by atoms with Crippen molar-refractivity contribution in [2.75, 3.05) is 0 Å². The fourth-order valence-electron chi connectivity index (χ4n) is 1.55. The highest BCUT2D eigenvalue weighted by Crippen LogP contribution is 2.30. The molecule has 1 aromatic heterocycles. The first-order chi connectivity index (χ1) is 7.63. The van der Waals surface area contributed by atoms with Gasteiger partial charge >= 0.3 is 0 Å². The molecule has 0 radical (unpaired) electrons. The van der Waals surface area contributed by atoms with E-state index in [0.29, 0.717) is 22.7 Å². The molecule has 0 atom stereocenters. The number of halogens is 1. The van der Waals surface area contributed by atoms with Crippen LogP contribution in [-0.4, -0.2) is 4.98 Å². The number of benzene rings is 1. The van der Waals surface area contributed by atoms with Crippen LogP contribution in [0, 0.1) is 19.7 Å². The number of hydrogen-bond acceptors (Lipinski definition) is 3. The lowest BCUT2D eigenvalue weighted by Gasteiger charge is -2.01. The van der Waals surface area contributed by atoms with Gasteiger partial charge in [-0.05, 0) is 25.5 Å². The maximum atomic E-state index is 13.9. The quantitative estimate of drug-likeness (QED) is 0.870. The molecule has 0 aliphatic rings. The lowest BCUT2D eigenvalue weighted by molar-refractivity contribution is 0.622. The highest BCUT2D eigenvalue weighted by molar-refractivity contribution is 7.15. The van der Waals surface area contributed by atoms with Crippen LogP contribution in [0.2, 0.25) is 0 Å². The molecule has 0 amide bonds. The first-order valence-electron chi connectivity index (χ1n) is 5.05. The van der Waals surface area contributed by atoms with Gasteiger partial charge in [-0.15, -0.1) is 11.3 Å². The van der Waals surface area contributed by atoms with Gasteiger partial charge in [0.1, 0.15) is 10.8 Å². The average molecular weight is 236 g/mol. The van der Waals surface area contributed by atoms with Crippen LogP contribution in [0.15, 0.2) is 18.2 Å². The third-order valence-corrected chi connectivity index (χ3v) is 3.71. The molecule has 0 aliphatic carbocycles. The van der Waals surface area contributed by atoms with Crippen molar-refractivity contribution in [2.45, 2.75) is 20.4 Å². The number of aryl methyl sites for hydroxylation is 2. The van der Waals surface area contributed by atoms with E-state index in [-0.39, 0.29) is 5.82 Å². The topological polar surface area (TPSA) is 38.9 Å². The third kappa shape index (κ3) is 1.86. The van der Waals surface area contributed by atoms with E-state index in [9.17, 15) is 4.39 Å². The minimum Gasteiger partial charge on any atom is -0.326 e. The second kappa shape index (κ2) is 4.31. The van der Waals surface area contributed by atoms with Crippen molar-refractivity contribution in [3.63, 3.8) is 0 Å². The predicted octanol–water partition coefficient (Wildman–Crippen LogP) is 3.02. The van der Waals surface area contributed by atoms with E-state index in [4.69, 9.17) is 5.73 Å². The fraction of sp³-hybridized carbons (Fsp3) is 0.250. The monoisotopic (exact) mass is 236 g/mol. The molecule has 0 aliphatic heterocycles. The van der Waals surface area contributed by atoms with E-state index in [2.05, 4.69) is 4.98 Å². The van der Waals surface area contributed by atoms with Crippen LogP contribution in [0.1, 0.15) is 16.1 Å². The van der Waals surface area contributed by atoms with Gasteiger partial charge in [-0.25, -0.2) is 9.37 Å². The van der Waals surface area contributed by atoms with Crippen LogP contribution < -0.4 is 5.73 Å². The van der Waals surface area contributed by atoms with Gasteiger partial charge in [0.25, 0.3) is 0 Å². The summed E-state index contributed by atoms with van der Waals surface area (Å²) in [6.45, 7) is 4.11. The van der Waals surface area contributed by atoms with Crippen LogP contribution in [0.5, 0.6) is 0 Å². The molecule has 2 rings (SSSR count). The Kier molecular flexibility index (Phi) is 3.03. The molecule has 0 fully saturated rings. The molecule has 4 heteroatoms. The largest absolute Gasteiger partial charge is 0.326 e. The molecule has 2 nitrogen and oxygen atoms in total. The van der Waals surface area contributed by atoms with Gasteiger partial charge < -0.3 is 5.73 Å². The van der Waals surface area contributed by atoms with Crippen molar-refractivity contribution in [3.05, 3.63) is 40.2 Å². The van der Waals surface area contributed by atoms with E-state index >= 15 is 0 Å². The van der Waals surface area contributed by atoms with E-state index < -0.39 is 0 Å². The van der Waals surface area contributed by atoms with Gasteiger partial charge in [-0.2, -0.15) is 0 Å². The maximum Gasteiger partial charge on any atom is 0.136 e. The van der Waals surface area contributed by atoms with E-state index in [1.165, 1.54) is 11.3 Å². The predicted molar refractivity (Wildman–Crippen MR) is 64.9 cm³/mol. The Hall–Kier alpha value is -1.26. The summed E-state index contributed by atoms with van der Waals surface area (Å²) in [6.07, 6.45) is 0. The number of hydrogen-bond donors (Lipinski definition) is 1. The van der Waals surface area contributed by atoms with Crippen molar-refractivity contribution in [1.29, 1.82) is 0 Å². The maximum absolute atomic E-state index is 13.9. The number of aromatic nitrogens is 1. The van der Waals surface area contributed by atoms with Gasteiger partial charge in [0.15, 0.2) is 0 Å². The number of nitrogens with two attached hydrogens (primary N) is 1. The lowest BCUT2D eigenvalue weighted by atomic mass is 10.1. The fourth-order valence-corrected chi connectivity index (χ4v) is 2.51. The van der Waals surface area contributed by atoms with E-state index in [1.807, 2.05) is 13.0 Å². The SMILES string of the molecule is Cc1cccc(-c2nc(C)c(CN)s2)c1F. The zero-order valence-corrected chi connectivity index (χ0v) is 10.1. The van der Waals surface area contributed by atoms with Crippen molar-refractivity contribution >= 4 is 11.3 Å². The summed E-state index contributed by atoms with van der Waals surface area (Å²) in [5.41, 5.74) is 7.68. The molecule has 0 saturated heterocycles. The van der Waals surface area contributed by atoms with E-state index in [0.717, 1.165) is 10.6 Å². The highest BCUT2D eigenvalue weighted by Gasteiger charge is 2.12. The zero-order valence-electron chi connectivity index (χ0n) is 9.25. The molecule has 16 heavy (non-hydrogen) atoms. The number of nitrogens with zero attached hydrogens (tertiary/aromatic N) is 1. The summed E-state index contributed by atoms with van der Waals surface area (Å²) in [4.78, 5) is 5.36.